The molecule has 1 N–H and O–H groups in total. The van der Waals surface area contributed by atoms with E-state index in [1.54, 1.807) is 6.08 Å². The van der Waals surface area contributed by atoms with Crippen molar-refractivity contribution >= 4 is 18.0 Å². The molecule has 0 aliphatic carbocycles. The number of aliphatic hydroxyl groups excluding tert-OH is 1. The lowest BCUT2D eigenvalue weighted by atomic mass is 10.2. The predicted octanol–water partition coefficient (Wildman–Crippen LogP) is 3.31. The quantitative estimate of drug-likeness (QED) is 0.444. The third-order valence-electron chi connectivity index (χ3n) is 2.61. The van der Waals surface area contributed by atoms with E-state index in [-0.39, 0.29) is 12.6 Å². The van der Waals surface area contributed by atoms with Crippen molar-refractivity contribution < 1.29 is 24.2 Å². The van der Waals surface area contributed by atoms with E-state index in [2.05, 4.69) is 17.9 Å². The maximum Gasteiger partial charge on any atom is 0.337 e. The monoisotopic (exact) mass is 346 g/mol. The summed E-state index contributed by atoms with van der Waals surface area (Å²) in [4.78, 5) is 21.6. The molecule has 0 saturated heterocycles. The van der Waals surface area contributed by atoms with Crippen LogP contribution >= 0.6 is 0 Å². The highest BCUT2D eigenvalue weighted by Crippen LogP contribution is 2.05. The molecule has 136 valence electrons. The molecule has 0 fully saturated rings. The Morgan fingerprint density at radius 2 is 1.88 bits per heavy atom. The van der Waals surface area contributed by atoms with E-state index in [9.17, 15) is 9.59 Å². The average Bonchev–Trinajstić information content (AvgIpc) is 2.63. The van der Waals surface area contributed by atoms with Gasteiger partial charge < -0.3 is 14.6 Å². The molecule has 0 bridgehead atoms. The molecule has 0 aliphatic rings. The second-order valence-electron chi connectivity index (χ2n) is 5.09. The topological polar surface area (TPSA) is 72.8 Å². The number of rotatable bonds is 8. The summed E-state index contributed by atoms with van der Waals surface area (Å²) in [5.74, 6) is -0.857. The highest BCUT2D eigenvalue weighted by molar-refractivity contribution is 5.92. The zero-order valence-electron chi connectivity index (χ0n) is 14.8. The molecule has 0 aromatic heterocycles. The number of ether oxygens (including phenoxy) is 2. The molecule has 0 saturated carbocycles. The maximum absolute atomic E-state index is 11.4. The molecular formula is C20H26O5. The first-order valence-corrected chi connectivity index (χ1v) is 7.97. The second kappa shape index (κ2) is 13.7. The molecular weight excluding hydrogens is 320 g/mol. The van der Waals surface area contributed by atoms with Crippen LogP contribution in [-0.4, -0.2) is 36.4 Å². The van der Waals surface area contributed by atoms with Crippen molar-refractivity contribution in [2.24, 2.45) is 0 Å². The van der Waals surface area contributed by atoms with Gasteiger partial charge in [0.2, 0.25) is 0 Å². The minimum Gasteiger partial charge on any atom is -0.462 e. The first kappa shape index (κ1) is 22.3. The molecule has 25 heavy (non-hydrogen) atoms. The van der Waals surface area contributed by atoms with Crippen LogP contribution in [0.4, 0.5) is 0 Å². The highest BCUT2D eigenvalue weighted by Gasteiger charge is 2.03. The van der Waals surface area contributed by atoms with Crippen LogP contribution in [-0.2, 0) is 19.1 Å². The molecule has 1 rings (SSSR count). The summed E-state index contributed by atoms with van der Waals surface area (Å²) < 4.78 is 9.40. The molecule has 5 nitrogen and oxygen atoms in total. The second-order valence-corrected chi connectivity index (χ2v) is 5.09. The van der Waals surface area contributed by atoms with Gasteiger partial charge in [-0.05, 0) is 25.0 Å². The van der Waals surface area contributed by atoms with Crippen molar-refractivity contribution in [3.05, 3.63) is 66.8 Å². The number of esters is 2. The molecule has 0 heterocycles. The van der Waals surface area contributed by atoms with Crippen molar-refractivity contribution in [3.8, 4) is 0 Å². The van der Waals surface area contributed by atoms with Crippen LogP contribution in [0.2, 0.25) is 0 Å². The maximum atomic E-state index is 11.4. The molecule has 0 radical (unpaired) electrons. The fraction of sp³-hybridized carbons (Fsp3) is 0.300. The van der Waals surface area contributed by atoms with E-state index in [0.717, 1.165) is 18.1 Å². The lowest BCUT2D eigenvalue weighted by molar-refractivity contribution is -0.140. The first-order chi connectivity index (χ1) is 11.9. The smallest absolute Gasteiger partial charge is 0.337 e. The SMILES string of the molecule is C=C(C=Cc1ccccc1)C(=O)OCCC.C=CC(=O)OCC(C)O. The van der Waals surface area contributed by atoms with E-state index >= 15 is 0 Å². The first-order valence-electron chi connectivity index (χ1n) is 7.97. The zero-order valence-corrected chi connectivity index (χ0v) is 14.8. The van der Waals surface area contributed by atoms with Crippen LogP contribution in [0, 0.1) is 0 Å². The van der Waals surface area contributed by atoms with Crippen molar-refractivity contribution in [1.29, 1.82) is 0 Å². The Bertz CT molecular complexity index is 573. The van der Waals surface area contributed by atoms with Crippen molar-refractivity contribution in [2.45, 2.75) is 26.4 Å². The molecule has 0 amide bonds. The summed E-state index contributed by atoms with van der Waals surface area (Å²) >= 11 is 0. The third kappa shape index (κ3) is 12.4. The van der Waals surface area contributed by atoms with Crippen molar-refractivity contribution in [1.82, 2.24) is 0 Å². The molecule has 5 heteroatoms. The summed E-state index contributed by atoms with van der Waals surface area (Å²) in [5.41, 5.74) is 1.41. The van der Waals surface area contributed by atoms with Gasteiger partial charge in [0.25, 0.3) is 0 Å². The molecule has 0 spiro atoms. The van der Waals surface area contributed by atoms with Gasteiger partial charge in [-0.15, -0.1) is 0 Å². The summed E-state index contributed by atoms with van der Waals surface area (Å²) in [5, 5.41) is 8.59. The van der Waals surface area contributed by atoms with E-state index in [1.807, 2.05) is 43.3 Å². The Morgan fingerprint density at radius 1 is 1.24 bits per heavy atom. The summed E-state index contributed by atoms with van der Waals surface area (Å²) in [6.45, 7) is 10.8. The Morgan fingerprint density at radius 3 is 2.40 bits per heavy atom. The number of carbonyl (C=O) groups is 2. The zero-order chi connectivity index (χ0) is 19.1. The number of hydrogen-bond acceptors (Lipinski definition) is 5. The van der Waals surface area contributed by atoms with Gasteiger partial charge in [0.05, 0.1) is 18.3 Å². The number of aliphatic hydroxyl groups is 1. The van der Waals surface area contributed by atoms with Crippen molar-refractivity contribution in [2.75, 3.05) is 13.2 Å². The van der Waals surface area contributed by atoms with Crippen LogP contribution in [0.3, 0.4) is 0 Å². The van der Waals surface area contributed by atoms with Gasteiger partial charge in [-0.25, -0.2) is 9.59 Å². The van der Waals surface area contributed by atoms with Gasteiger partial charge in [-0.1, -0.05) is 56.5 Å². The normalized spacial score (nSPS) is 11.0. The third-order valence-corrected chi connectivity index (χ3v) is 2.61. The summed E-state index contributed by atoms with van der Waals surface area (Å²) in [7, 11) is 0. The predicted molar refractivity (Wildman–Crippen MR) is 98.7 cm³/mol. The van der Waals surface area contributed by atoms with Crippen LogP contribution in [0.1, 0.15) is 25.8 Å². The van der Waals surface area contributed by atoms with Gasteiger partial charge in [0.15, 0.2) is 0 Å². The van der Waals surface area contributed by atoms with Gasteiger partial charge in [-0.2, -0.15) is 0 Å². The Labute approximate surface area is 149 Å². The lowest BCUT2D eigenvalue weighted by Crippen LogP contribution is -2.13. The fourth-order valence-corrected chi connectivity index (χ4v) is 1.38. The lowest BCUT2D eigenvalue weighted by Gasteiger charge is -2.02. The average molecular weight is 346 g/mol. The van der Waals surface area contributed by atoms with Crippen LogP contribution in [0.15, 0.2) is 61.2 Å². The van der Waals surface area contributed by atoms with Gasteiger partial charge >= 0.3 is 11.9 Å². The van der Waals surface area contributed by atoms with E-state index in [4.69, 9.17) is 9.84 Å². The van der Waals surface area contributed by atoms with Gasteiger partial charge in [0.1, 0.15) is 6.61 Å². The Kier molecular flexibility index (Phi) is 12.3. The fourth-order valence-electron chi connectivity index (χ4n) is 1.38. The molecule has 1 aromatic carbocycles. The highest BCUT2D eigenvalue weighted by atomic mass is 16.5. The number of benzene rings is 1. The molecule has 1 aromatic rings. The summed E-state index contributed by atoms with van der Waals surface area (Å²) in [6.07, 6.45) is 4.79. The van der Waals surface area contributed by atoms with Gasteiger partial charge in [0, 0.05) is 6.08 Å². The van der Waals surface area contributed by atoms with Crippen LogP contribution in [0.5, 0.6) is 0 Å². The van der Waals surface area contributed by atoms with Crippen LogP contribution in [0.25, 0.3) is 6.08 Å². The number of carbonyl (C=O) groups excluding carboxylic acids is 2. The van der Waals surface area contributed by atoms with Gasteiger partial charge in [-0.3, -0.25) is 0 Å². The molecule has 1 atom stereocenters. The minimum absolute atomic E-state index is 0.0326. The summed E-state index contributed by atoms with van der Waals surface area (Å²) in [6, 6.07) is 9.75. The van der Waals surface area contributed by atoms with E-state index in [1.165, 1.54) is 6.92 Å². The van der Waals surface area contributed by atoms with Crippen molar-refractivity contribution in [3.63, 3.8) is 0 Å². The Balaban J connectivity index is 0.000000547. The van der Waals surface area contributed by atoms with Crippen LogP contribution < -0.4 is 0 Å². The molecule has 1 unspecified atom stereocenters. The number of hydrogen-bond donors (Lipinski definition) is 1. The standard InChI is InChI=1S/C14H16O2.C6H10O3/c1-3-11-16-14(15)12(2)9-10-13-7-5-4-6-8-13;1-3-6(8)9-4-5(2)7/h4-10H,2-3,11H2,1H3;3,5,7H,1,4H2,2H3. The minimum atomic E-state index is -0.603. The molecule has 0 aliphatic heterocycles. The van der Waals surface area contributed by atoms with E-state index in [0.29, 0.717) is 12.2 Å². The largest absolute Gasteiger partial charge is 0.462 e. The van der Waals surface area contributed by atoms with E-state index < -0.39 is 12.1 Å². The Hall–Kier alpha value is -2.66.